The lowest BCUT2D eigenvalue weighted by Gasteiger charge is -2.15. The number of ether oxygens (including phenoxy) is 1. The van der Waals surface area contributed by atoms with Gasteiger partial charge >= 0.3 is 5.97 Å². The highest BCUT2D eigenvalue weighted by atomic mass is 79.9. The number of hydrogen-bond acceptors (Lipinski definition) is 5. The Hall–Kier alpha value is -1.41. The quantitative estimate of drug-likeness (QED) is 0.714. The van der Waals surface area contributed by atoms with Gasteiger partial charge in [0.2, 0.25) is 0 Å². The van der Waals surface area contributed by atoms with Crippen LogP contribution in [-0.4, -0.2) is 38.4 Å². The van der Waals surface area contributed by atoms with E-state index in [0.29, 0.717) is 6.42 Å². The SMILES string of the molecule is C[C@H](NC(=O)COC(=O)C[C@H]1CCS(=O)(=O)C1)c1ccc(Br)cc1. The smallest absolute Gasteiger partial charge is 0.306 e. The molecule has 6 nitrogen and oxygen atoms in total. The second kappa shape index (κ2) is 8.11. The van der Waals surface area contributed by atoms with Crippen molar-refractivity contribution >= 4 is 37.6 Å². The van der Waals surface area contributed by atoms with Crippen molar-refractivity contribution in [1.29, 1.82) is 0 Å². The van der Waals surface area contributed by atoms with Crippen LogP contribution in [0.2, 0.25) is 0 Å². The third-order valence-corrected chi connectivity index (χ3v) is 6.26. The zero-order valence-electron chi connectivity index (χ0n) is 13.3. The monoisotopic (exact) mass is 417 g/mol. The van der Waals surface area contributed by atoms with Crippen LogP contribution in [0, 0.1) is 5.92 Å². The fourth-order valence-electron chi connectivity index (χ4n) is 2.59. The predicted octanol–water partition coefficient (Wildman–Crippen LogP) is 1.99. The summed E-state index contributed by atoms with van der Waals surface area (Å²) in [4.78, 5) is 23.6. The molecule has 1 aliphatic rings. The second-order valence-electron chi connectivity index (χ2n) is 5.97. The van der Waals surface area contributed by atoms with Crippen molar-refractivity contribution in [3.63, 3.8) is 0 Å². The van der Waals surface area contributed by atoms with E-state index in [0.717, 1.165) is 10.0 Å². The zero-order chi connectivity index (χ0) is 17.7. The molecule has 2 atom stereocenters. The van der Waals surface area contributed by atoms with E-state index in [1.165, 1.54) is 0 Å². The van der Waals surface area contributed by atoms with Gasteiger partial charge in [-0.05, 0) is 37.0 Å². The molecule has 1 aliphatic heterocycles. The molecule has 0 saturated carbocycles. The Morgan fingerprint density at radius 3 is 2.58 bits per heavy atom. The first-order chi connectivity index (χ1) is 11.2. The van der Waals surface area contributed by atoms with E-state index < -0.39 is 21.7 Å². The molecule has 1 amide bonds. The van der Waals surface area contributed by atoms with Gasteiger partial charge in [-0.25, -0.2) is 8.42 Å². The first kappa shape index (κ1) is 18.9. The van der Waals surface area contributed by atoms with Crippen LogP contribution in [0.3, 0.4) is 0 Å². The van der Waals surface area contributed by atoms with Crippen LogP contribution >= 0.6 is 15.9 Å². The average molecular weight is 418 g/mol. The molecule has 1 N–H and O–H groups in total. The summed E-state index contributed by atoms with van der Waals surface area (Å²) < 4.78 is 28.6. The van der Waals surface area contributed by atoms with Gasteiger partial charge in [0.15, 0.2) is 16.4 Å². The first-order valence-corrected chi connectivity index (χ1v) is 10.3. The maximum Gasteiger partial charge on any atom is 0.306 e. The van der Waals surface area contributed by atoms with Crippen molar-refractivity contribution < 1.29 is 22.7 Å². The molecule has 1 saturated heterocycles. The van der Waals surface area contributed by atoms with E-state index in [9.17, 15) is 18.0 Å². The molecular weight excluding hydrogens is 398 g/mol. The highest BCUT2D eigenvalue weighted by Crippen LogP contribution is 2.22. The van der Waals surface area contributed by atoms with Crippen molar-refractivity contribution in [3.8, 4) is 0 Å². The van der Waals surface area contributed by atoms with Crippen LogP contribution in [0.4, 0.5) is 0 Å². The molecular formula is C16H20BrNO5S. The van der Waals surface area contributed by atoms with E-state index in [2.05, 4.69) is 21.2 Å². The van der Waals surface area contributed by atoms with Gasteiger partial charge in [0.25, 0.3) is 5.91 Å². The fraction of sp³-hybridized carbons (Fsp3) is 0.500. The summed E-state index contributed by atoms with van der Waals surface area (Å²) in [6, 6.07) is 7.34. The van der Waals surface area contributed by atoms with E-state index in [4.69, 9.17) is 4.74 Å². The van der Waals surface area contributed by atoms with E-state index in [1.807, 2.05) is 31.2 Å². The van der Waals surface area contributed by atoms with Crippen molar-refractivity contribution in [2.45, 2.75) is 25.8 Å². The maximum atomic E-state index is 11.8. The van der Waals surface area contributed by atoms with Crippen LogP contribution in [0.5, 0.6) is 0 Å². The molecule has 132 valence electrons. The van der Waals surface area contributed by atoms with Gasteiger partial charge in [-0.15, -0.1) is 0 Å². The molecule has 0 unspecified atom stereocenters. The average Bonchev–Trinajstić information content (AvgIpc) is 2.84. The summed E-state index contributed by atoms with van der Waals surface area (Å²) in [5.74, 6) is -0.987. The number of benzene rings is 1. The minimum Gasteiger partial charge on any atom is -0.456 e. The van der Waals surface area contributed by atoms with Crippen LogP contribution in [0.15, 0.2) is 28.7 Å². The van der Waals surface area contributed by atoms with Crippen LogP contribution in [0.25, 0.3) is 0 Å². The largest absolute Gasteiger partial charge is 0.456 e. The molecule has 1 fully saturated rings. The Kier molecular flexibility index (Phi) is 6.40. The minimum atomic E-state index is -3.01. The second-order valence-corrected chi connectivity index (χ2v) is 9.12. The van der Waals surface area contributed by atoms with Crippen molar-refractivity contribution in [2.24, 2.45) is 5.92 Å². The molecule has 0 aromatic heterocycles. The summed E-state index contributed by atoms with van der Waals surface area (Å²) in [6.45, 7) is 1.48. The molecule has 1 heterocycles. The van der Waals surface area contributed by atoms with Crippen LogP contribution in [-0.2, 0) is 24.2 Å². The van der Waals surface area contributed by atoms with Crippen LogP contribution in [0.1, 0.15) is 31.4 Å². The van der Waals surface area contributed by atoms with Gasteiger partial charge in [-0.3, -0.25) is 9.59 Å². The summed E-state index contributed by atoms with van der Waals surface area (Å²) in [6.07, 6.45) is 0.513. The molecule has 24 heavy (non-hydrogen) atoms. The van der Waals surface area contributed by atoms with E-state index in [-0.39, 0.29) is 36.5 Å². The number of amides is 1. The number of rotatable bonds is 6. The number of carbonyl (C=O) groups is 2. The van der Waals surface area contributed by atoms with Gasteiger partial charge in [-0.2, -0.15) is 0 Å². The lowest BCUT2D eigenvalue weighted by Crippen LogP contribution is -2.31. The van der Waals surface area contributed by atoms with Gasteiger partial charge in [0.05, 0.1) is 17.5 Å². The Morgan fingerprint density at radius 1 is 1.33 bits per heavy atom. The predicted molar refractivity (Wildman–Crippen MR) is 93.0 cm³/mol. The highest BCUT2D eigenvalue weighted by molar-refractivity contribution is 9.10. The van der Waals surface area contributed by atoms with Crippen molar-refractivity contribution in [1.82, 2.24) is 5.32 Å². The third-order valence-electron chi connectivity index (χ3n) is 3.89. The minimum absolute atomic E-state index is 0.0227. The van der Waals surface area contributed by atoms with E-state index in [1.54, 1.807) is 0 Å². The Morgan fingerprint density at radius 2 is 2.00 bits per heavy atom. The van der Waals surface area contributed by atoms with Crippen molar-refractivity contribution in [2.75, 3.05) is 18.1 Å². The zero-order valence-corrected chi connectivity index (χ0v) is 15.7. The number of nitrogens with one attached hydrogen (secondary N) is 1. The Labute approximate surface area is 150 Å². The van der Waals surface area contributed by atoms with Crippen LogP contribution < -0.4 is 5.32 Å². The first-order valence-electron chi connectivity index (χ1n) is 7.66. The normalized spacial score (nSPS) is 20.3. The standard InChI is InChI=1S/C16H20BrNO5S/c1-11(13-2-4-14(17)5-3-13)18-15(19)9-23-16(20)8-12-6-7-24(21,22)10-12/h2-5,11-12H,6-10H2,1H3,(H,18,19)/t11-,12+/m0/s1. The van der Waals surface area contributed by atoms with Gasteiger partial charge in [0.1, 0.15) is 0 Å². The van der Waals surface area contributed by atoms with Gasteiger partial charge < -0.3 is 10.1 Å². The molecule has 8 heteroatoms. The number of halogens is 1. The fourth-order valence-corrected chi connectivity index (χ4v) is 4.72. The molecule has 0 aliphatic carbocycles. The number of hydrogen-bond donors (Lipinski definition) is 1. The molecule has 0 bridgehead atoms. The highest BCUT2D eigenvalue weighted by Gasteiger charge is 2.30. The Bertz CT molecular complexity index is 702. The molecule has 1 aromatic rings. The summed E-state index contributed by atoms with van der Waals surface area (Å²) in [5.41, 5.74) is 0.939. The summed E-state index contributed by atoms with van der Waals surface area (Å²) in [5, 5.41) is 2.75. The molecule has 2 rings (SSSR count). The number of sulfone groups is 1. The lowest BCUT2D eigenvalue weighted by molar-refractivity contribution is -0.149. The summed E-state index contributed by atoms with van der Waals surface area (Å²) in [7, 11) is -3.01. The summed E-state index contributed by atoms with van der Waals surface area (Å²) >= 11 is 3.35. The number of esters is 1. The molecule has 1 aromatic carbocycles. The van der Waals surface area contributed by atoms with Gasteiger partial charge in [0, 0.05) is 10.9 Å². The number of carbonyl (C=O) groups excluding carboxylic acids is 2. The lowest BCUT2D eigenvalue weighted by atomic mass is 10.1. The van der Waals surface area contributed by atoms with Gasteiger partial charge in [-0.1, -0.05) is 28.1 Å². The maximum absolute atomic E-state index is 11.8. The van der Waals surface area contributed by atoms with Crippen molar-refractivity contribution in [3.05, 3.63) is 34.3 Å². The molecule has 0 radical (unpaired) electrons. The molecule has 0 spiro atoms. The topological polar surface area (TPSA) is 89.5 Å². The van der Waals surface area contributed by atoms with E-state index >= 15 is 0 Å². The Balaban J connectivity index is 1.72. The third kappa shape index (κ3) is 5.90.